The Morgan fingerprint density at radius 1 is 0.875 bits per heavy atom. The van der Waals surface area contributed by atoms with E-state index in [2.05, 4.69) is 13.8 Å². The van der Waals surface area contributed by atoms with E-state index in [1.807, 2.05) is 0 Å². The monoisotopic (exact) mass is 334 g/mol. The number of hydrogen-bond acceptors (Lipinski definition) is 0. The minimum Gasteiger partial charge on any atom is -0.204 e. The summed E-state index contributed by atoms with van der Waals surface area (Å²) in [6.07, 6.45) is 12.3. The summed E-state index contributed by atoms with van der Waals surface area (Å²) in [7, 11) is 0. The largest absolute Gasteiger partial charge is 0.204 e. The zero-order valence-electron chi connectivity index (χ0n) is 15.2. The Morgan fingerprint density at radius 3 is 2.00 bits per heavy atom. The lowest BCUT2D eigenvalue weighted by atomic mass is 9.67. The molecule has 0 spiro atoms. The van der Waals surface area contributed by atoms with Gasteiger partial charge in [0.05, 0.1) is 0 Å². The van der Waals surface area contributed by atoms with Gasteiger partial charge in [-0.3, -0.25) is 0 Å². The van der Waals surface area contributed by atoms with Gasteiger partial charge in [0.15, 0.2) is 11.6 Å². The first-order valence-electron chi connectivity index (χ1n) is 10.0. The molecule has 0 heterocycles. The summed E-state index contributed by atoms with van der Waals surface area (Å²) in [4.78, 5) is 0. The first-order chi connectivity index (χ1) is 11.6. The van der Waals surface area contributed by atoms with Crippen LogP contribution in [0.4, 0.5) is 8.78 Å². The summed E-state index contributed by atoms with van der Waals surface area (Å²) in [5, 5.41) is 0. The molecule has 0 nitrogen and oxygen atoms in total. The van der Waals surface area contributed by atoms with Crippen LogP contribution in [0.3, 0.4) is 0 Å². The molecule has 24 heavy (non-hydrogen) atoms. The molecule has 0 amide bonds. The fraction of sp³-hybridized carbons (Fsp3) is 0.727. The SMILES string of the molecule is CCC1CCC(C2CCC(C(C)c3ccc(F)c(F)c3)CC2)CC1. The van der Waals surface area contributed by atoms with Gasteiger partial charge in [-0.2, -0.15) is 0 Å². The molecule has 2 saturated carbocycles. The van der Waals surface area contributed by atoms with Crippen molar-refractivity contribution in [1.82, 2.24) is 0 Å². The van der Waals surface area contributed by atoms with Crippen LogP contribution in [-0.2, 0) is 0 Å². The number of benzene rings is 1. The Hall–Kier alpha value is -0.920. The summed E-state index contributed by atoms with van der Waals surface area (Å²) >= 11 is 0. The van der Waals surface area contributed by atoms with Gasteiger partial charge in [0.25, 0.3) is 0 Å². The van der Waals surface area contributed by atoms with Gasteiger partial charge in [0.1, 0.15) is 0 Å². The first kappa shape index (κ1) is 17.9. The van der Waals surface area contributed by atoms with Crippen molar-refractivity contribution >= 4 is 0 Å². The summed E-state index contributed by atoms with van der Waals surface area (Å²) < 4.78 is 26.6. The maximum Gasteiger partial charge on any atom is 0.159 e. The third-order valence-corrected chi connectivity index (χ3v) is 7.13. The van der Waals surface area contributed by atoms with Crippen molar-refractivity contribution in [3.05, 3.63) is 35.4 Å². The van der Waals surface area contributed by atoms with Crippen LogP contribution >= 0.6 is 0 Å². The van der Waals surface area contributed by atoms with Crippen molar-refractivity contribution in [3.63, 3.8) is 0 Å². The van der Waals surface area contributed by atoms with Crippen LogP contribution in [0.25, 0.3) is 0 Å². The van der Waals surface area contributed by atoms with E-state index in [9.17, 15) is 8.78 Å². The molecular weight excluding hydrogens is 302 g/mol. The first-order valence-corrected chi connectivity index (χ1v) is 10.0. The second-order valence-corrected chi connectivity index (χ2v) is 8.33. The average molecular weight is 334 g/mol. The van der Waals surface area contributed by atoms with E-state index in [0.29, 0.717) is 11.8 Å². The van der Waals surface area contributed by atoms with E-state index in [1.165, 1.54) is 69.9 Å². The number of halogens is 2. The molecule has 0 aliphatic heterocycles. The van der Waals surface area contributed by atoms with Gasteiger partial charge in [0.2, 0.25) is 0 Å². The number of hydrogen-bond donors (Lipinski definition) is 0. The van der Waals surface area contributed by atoms with E-state index in [-0.39, 0.29) is 0 Å². The van der Waals surface area contributed by atoms with Gasteiger partial charge in [-0.25, -0.2) is 8.78 Å². The molecule has 1 aromatic carbocycles. The van der Waals surface area contributed by atoms with Gasteiger partial charge >= 0.3 is 0 Å². The lowest BCUT2D eigenvalue weighted by Gasteiger charge is -2.39. The zero-order valence-corrected chi connectivity index (χ0v) is 15.2. The summed E-state index contributed by atoms with van der Waals surface area (Å²) in [5.74, 6) is 2.35. The number of rotatable bonds is 4. The normalized spacial score (nSPS) is 32.5. The molecule has 134 valence electrons. The maximum atomic E-state index is 13.5. The van der Waals surface area contributed by atoms with Crippen LogP contribution in [-0.4, -0.2) is 0 Å². The second kappa shape index (κ2) is 7.97. The molecular formula is C22H32F2. The molecule has 2 fully saturated rings. The molecule has 2 heteroatoms. The van der Waals surface area contributed by atoms with Gasteiger partial charge in [-0.05, 0) is 85.8 Å². The molecule has 0 aromatic heterocycles. The van der Waals surface area contributed by atoms with Crippen molar-refractivity contribution in [2.75, 3.05) is 0 Å². The Morgan fingerprint density at radius 2 is 1.46 bits per heavy atom. The van der Waals surface area contributed by atoms with Crippen molar-refractivity contribution < 1.29 is 8.78 Å². The van der Waals surface area contributed by atoms with Crippen molar-refractivity contribution in [1.29, 1.82) is 0 Å². The average Bonchev–Trinajstić information content (AvgIpc) is 2.63. The van der Waals surface area contributed by atoms with Crippen molar-refractivity contribution in [2.45, 2.75) is 77.6 Å². The maximum absolute atomic E-state index is 13.5. The van der Waals surface area contributed by atoms with Crippen LogP contribution in [0.5, 0.6) is 0 Å². The molecule has 0 saturated heterocycles. The molecule has 2 aliphatic carbocycles. The molecule has 0 N–H and O–H groups in total. The lowest BCUT2D eigenvalue weighted by Crippen LogP contribution is -2.27. The van der Waals surface area contributed by atoms with Crippen molar-refractivity contribution in [2.24, 2.45) is 23.7 Å². The molecule has 0 bridgehead atoms. The molecule has 0 radical (unpaired) electrons. The zero-order chi connectivity index (χ0) is 17.1. The topological polar surface area (TPSA) is 0 Å². The van der Waals surface area contributed by atoms with Gasteiger partial charge in [0, 0.05) is 0 Å². The summed E-state index contributed by atoms with van der Waals surface area (Å²) in [5.41, 5.74) is 0.959. The van der Waals surface area contributed by atoms with E-state index >= 15 is 0 Å². The summed E-state index contributed by atoms with van der Waals surface area (Å²) in [6, 6.07) is 4.44. The van der Waals surface area contributed by atoms with Crippen LogP contribution in [0, 0.1) is 35.3 Å². The molecule has 3 rings (SSSR count). The second-order valence-electron chi connectivity index (χ2n) is 8.33. The standard InChI is InChI=1S/C22H32F2/c1-3-16-4-6-18(7-5-16)19-10-8-17(9-11-19)15(2)20-12-13-21(23)22(24)14-20/h12-19H,3-11H2,1-2H3. The Bertz CT molecular complexity index is 523. The van der Waals surface area contributed by atoms with Gasteiger partial charge < -0.3 is 0 Å². The Kier molecular flexibility index (Phi) is 5.94. The highest BCUT2D eigenvalue weighted by atomic mass is 19.2. The minimum absolute atomic E-state index is 0.330. The van der Waals surface area contributed by atoms with Crippen LogP contribution in [0.15, 0.2) is 18.2 Å². The van der Waals surface area contributed by atoms with Crippen LogP contribution in [0.1, 0.15) is 83.1 Å². The van der Waals surface area contributed by atoms with Crippen LogP contribution in [0.2, 0.25) is 0 Å². The van der Waals surface area contributed by atoms with Crippen LogP contribution < -0.4 is 0 Å². The Balaban J connectivity index is 1.52. The third kappa shape index (κ3) is 4.00. The van der Waals surface area contributed by atoms with E-state index < -0.39 is 11.6 Å². The molecule has 2 aliphatic rings. The van der Waals surface area contributed by atoms with Crippen molar-refractivity contribution in [3.8, 4) is 0 Å². The van der Waals surface area contributed by atoms with E-state index in [0.717, 1.165) is 23.3 Å². The Labute approximate surface area is 146 Å². The van der Waals surface area contributed by atoms with Gasteiger partial charge in [-0.15, -0.1) is 0 Å². The quantitative estimate of drug-likeness (QED) is 0.551. The van der Waals surface area contributed by atoms with E-state index in [4.69, 9.17) is 0 Å². The predicted octanol–water partition coefficient (Wildman–Crippen LogP) is 7.09. The predicted molar refractivity (Wildman–Crippen MR) is 96.0 cm³/mol. The van der Waals surface area contributed by atoms with E-state index in [1.54, 1.807) is 6.07 Å². The fourth-order valence-electron chi connectivity index (χ4n) is 5.25. The van der Waals surface area contributed by atoms with Gasteiger partial charge in [-0.1, -0.05) is 39.2 Å². The highest BCUT2D eigenvalue weighted by Crippen LogP contribution is 2.44. The molecule has 1 unspecified atom stereocenters. The fourth-order valence-corrected chi connectivity index (χ4v) is 5.25. The molecule has 1 aromatic rings. The third-order valence-electron chi connectivity index (χ3n) is 7.13. The summed E-state index contributed by atoms with van der Waals surface area (Å²) in [6.45, 7) is 4.51. The minimum atomic E-state index is -0.739. The smallest absolute Gasteiger partial charge is 0.159 e. The lowest BCUT2D eigenvalue weighted by molar-refractivity contribution is 0.138. The highest BCUT2D eigenvalue weighted by Gasteiger charge is 2.32. The highest BCUT2D eigenvalue weighted by molar-refractivity contribution is 5.22. The molecule has 1 atom stereocenters.